The van der Waals surface area contributed by atoms with Gasteiger partial charge >= 0.3 is 0 Å². The fraction of sp³-hybridized carbons (Fsp3) is 0.211. The monoisotopic (exact) mass is 325 g/mol. The molecule has 0 fully saturated rings. The molecule has 0 unspecified atom stereocenters. The van der Waals surface area contributed by atoms with E-state index in [9.17, 15) is 4.79 Å². The quantitative estimate of drug-likeness (QED) is 0.690. The zero-order valence-corrected chi connectivity index (χ0v) is 14.3. The summed E-state index contributed by atoms with van der Waals surface area (Å²) < 4.78 is 5.60. The van der Waals surface area contributed by atoms with Crippen LogP contribution in [-0.2, 0) is 11.2 Å². The number of carbonyl (C=O) groups excluding carboxylic acids is 1. The van der Waals surface area contributed by atoms with Crippen LogP contribution >= 0.6 is 11.8 Å². The van der Waals surface area contributed by atoms with Crippen molar-refractivity contribution in [3.8, 4) is 0 Å². The third-order valence-corrected chi connectivity index (χ3v) is 4.80. The van der Waals surface area contributed by atoms with E-state index in [2.05, 4.69) is 25.2 Å². The summed E-state index contributed by atoms with van der Waals surface area (Å²) >= 11 is 1.62. The molecular formula is C19H19NO2S. The van der Waals surface area contributed by atoms with Crippen LogP contribution in [0.5, 0.6) is 0 Å². The fourth-order valence-electron chi connectivity index (χ4n) is 2.59. The van der Waals surface area contributed by atoms with Gasteiger partial charge in [0.05, 0.1) is 18.4 Å². The van der Waals surface area contributed by atoms with Gasteiger partial charge < -0.3 is 9.73 Å². The number of para-hydroxylation sites is 1. The first-order valence-electron chi connectivity index (χ1n) is 7.48. The van der Waals surface area contributed by atoms with Crippen LogP contribution in [0.1, 0.15) is 16.7 Å². The lowest BCUT2D eigenvalue weighted by molar-refractivity contribution is -0.115. The smallest absolute Gasteiger partial charge is 0.228 e. The number of nitrogens with one attached hydrogen (secondary N) is 1. The molecule has 3 rings (SSSR count). The highest BCUT2D eigenvalue weighted by molar-refractivity contribution is 7.98. The number of thioether (sulfide) groups is 1. The Morgan fingerprint density at radius 3 is 2.70 bits per heavy atom. The molecule has 3 nitrogen and oxygen atoms in total. The maximum atomic E-state index is 12.4. The molecule has 0 bridgehead atoms. The summed E-state index contributed by atoms with van der Waals surface area (Å²) in [7, 11) is 0. The molecule has 3 aromatic rings. The van der Waals surface area contributed by atoms with E-state index < -0.39 is 0 Å². The van der Waals surface area contributed by atoms with Crippen LogP contribution in [-0.4, -0.2) is 12.2 Å². The minimum Gasteiger partial charge on any atom is -0.464 e. The Labute approximate surface area is 140 Å². The molecule has 0 spiro atoms. The van der Waals surface area contributed by atoms with Gasteiger partial charge in [0.15, 0.2) is 0 Å². The van der Waals surface area contributed by atoms with Crippen LogP contribution in [0.3, 0.4) is 0 Å². The summed E-state index contributed by atoms with van der Waals surface area (Å²) in [6, 6.07) is 11.9. The van der Waals surface area contributed by atoms with E-state index in [4.69, 9.17) is 4.42 Å². The molecule has 118 valence electrons. The molecule has 1 heterocycles. The van der Waals surface area contributed by atoms with E-state index in [1.165, 1.54) is 11.1 Å². The first kappa shape index (κ1) is 15.7. The maximum absolute atomic E-state index is 12.4. The molecule has 4 heteroatoms. The number of benzene rings is 2. The van der Waals surface area contributed by atoms with Gasteiger partial charge in [-0.1, -0.05) is 12.1 Å². The summed E-state index contributed by atoms with van der Waals surface area (Å²) in [5.41, 5.74) is 5.00. The standard InChI is InChI=1S/C19H19NO2S/c1-12-8-15-14(11-22-17(15)9-13(12)2)10-19(21)20-16-6-4-5-7-18(16)23-3/h4-9,11H,10H2,1-3H3,(H,20,21). The molecule has 0 saturated carbocycles. The van der Waals surface area contributed by atoms with E-state index in [0.29, 0.717) is 6.42 Å². The van der Waals surface area contributed by atoms with Crippen molar-refractivity contribution < 1.29 is 9.21 Å². The summed E-state index contributed by atoms with van der Waals surface area (Å²) in [5, 5.41) is 4.00. The van der Waals surface area contributed by atoms with Gasteiger partial charge in [0.25, 0.3) is 0 Å². The number of hydrogen-bond donors (Lipinski definition) is 1. The third-order valence-electron chi connectivity index (χ3n) is 4.00. The number of anilines is 1. The number of aryl methyl sites for hydroxylation is 2. The van der Waals surface area contributed by atoms with E-state index in [0.717, 1.165) is 27.1 Å². The number of fused-ring (bicyclic) bond motifs is 1. The molecule has 1 aromatic heterocycles. The molecule has 23 heavy (non-hydrogen) atoms. The van der Waals surface area contributed by atoms with Gasteiger partial charge in [0, 0.05) is 15.8 Å². The minimum atomic E-state index is -0.0348. The minimum absolute atomic E-state index is 0.0348. The molecule has 1 amide bonds. The number of carbonyl (C=O) groups is 1. The number of furan rings is 1. The highest BCUT2D eigenvalue weighted by Crippen LogP contribution is 2.27. The van der Waals surface area contributed by atoms with Gasteiger partial charge in [-0.3, -0.25) is 4.79 Å². The second kappa shape index (κ2) is 6.50. The highest BCUT2D eigenvalue weighted by Gasteiger charge is 2.13. The van der Waals surface area contributed by atoms with Crippen LogP contribution < -0.4 is 5.32 Å². The van der Waals surface area contributed by atoms with Crippen molar-refractivity contribution in [3.63, 3.8) is 0 Å². The molecule has 2 aromatic carbocycles. The Hall–Kier alpha value is -2.20. The summed E-state index contributed by atoms with van der Waals surface area (Å²) in [5.74, 6) is -0.0348. The molecule has 1 N–H and O–H groups in total. The van der Waals surface area contributed by atoms with E-state index in [-0.39, 0.29) is 5.91 Å². The van der Waals surface area contributed by atoms with Gasteiger partial charge in [0.2, 0.25) is 5.91 Å². The van der Waals surface area contributed by atoms with E-state index in [1.807, 2.05) is 36.6 Å². The average molecular weight is 325 g/mol. The van der Waals surface area contributed by atoms with Gasteiger partial charge in [-0.25, -0.2) is 0 Å². The van der Waals surface area contributed by atoms with Crippen LogP contribution in [0, 0.1) is 13.8 Å². The highest BCUT2D eigenvalue weighted by atomic mass is 32.2. The Kier molecular flexibility index (Phi) is 4.44. The van der Waals surface area contributed by atoms with Crippen LogP contribution in [0.15, 0.2) is 52.0 Å². The zero-order chi connectivity index (χ0) is 16.4. The predicted molar refractivity (Wildman–Crippen MR) is 96.2 cm³/mol. The lowest BCUT2D eigenvalue weighted by Crippen LogP contribution is -2.14. The van der Waals surface area contributed by atoms with Gasteiger partial charge in [-0.15, -0.1) is 11.8 Å². The Morgan fingerprint density at radius 1 is 1.17 bits per heavy atom. The van der Waals surface area contributed by atoms with Crippen molar-refractivity contribution in [2.45, 2.75) is 25.2 Å². The number of hydrogen-bond acceptors (Lipinski definition) is 3. The summed E-state index contributed by atoms with van der Waals surface area (Å²) in [6.07, 6.45) is 3.99. The van der Waals surface area contributed by atoms with Crippen molar-refractivity contribution in [2.75, 3.05) is 11.6 Å². The van der Waals surface area contributed by atoms with Gasteiger partial charge in [-0.05, 0) is 55.5 Å². The van der Waals surface area contributed by atoms with Crippen LogP contribution in [0.25, 0.3) is 11.0 Å². The van der Waals surface area contributed by atoms with Crippen LogP contribution in [0.2, 0.25) is 0 Å². The van der Waals surface area contributed by atoms with Crippen molar-refractivity contribution >= 4 is 34.3 Å². The van der Waals surface area contributed by atoms with Crippen molar-refractivity contribution in [1.82, 2.24) is 0 Å². The average Bonchev–Trinajstić information content (AvgIpc) is 2.90. The van der Waals surface area contributed by atoms with E-state index >= 15 is 0 Å². The molecule has 0 aliphatic carbocycles. The third kappa shape index (κ3) is 3.27. The molecular weight excluding hydrogens is 306 g/mol. The van der Waals surface area contributed by atoms with Crippen molar-refractivity contribution in [2.24, 2.45) is 0 Å². The molecule has 0 saturated heterocycles. The summed E-state index contributed by atoms with van der Waals surface area (Å²) in [6.45, 7) is 4.13. The predicted octanol–water partition coefficient (Wildman–Crippen LogP) is 4.95. The largest absolute Gasteiger partial charge is 0.464 e. The van der Waals surface area contributed by atoms with E-state index in [1.54, 1.807) is 18.0 Å². The Morgan fingerprint density at radius 2 is 1.91 bits per heavy atom. The fourth-order valence-corrected chi connectivity index (χ4v) is 3.14. The zero-order valence-electron chi connectivity index (χ0n) is 13.5. The molecule has 0 aliphatic heterocycles. The topological polar surface area (TPSA) is 42.2 Å². The molecule has 0 aliphatic rings. The Balaban J connectivity index is 1.82. The normalized spacial score (nSPS) is 10.9. The lowest BCUT2D eigenvalue weighted by Gasteiger charge is -2.08. The van der Waals surface area contributed by atoms with Gasteiger partial charge in [0.1, 0.15) is 5.58 Å². The second-order valence-electron chi connectivity index (χ2n) is 5.62. The first-order chi connectivity index (χ1) is 11.1. The summed E-state index contributed by atoms with van der Waals surface area (Å²) in [4.78, 5) is 13.4. The molecule has 0 radical (unpaired) electrons. The van der Waals surface area contributed by atoms with Crippen molar-refractivity contribution in [3.05, 3.63) is 59.4 Å². The first-order valence-corrected chi connectivity index (χ1v) is 8.71. The number of amides is 1. The number of rotatable bonds is 4. The Bertz CT molecular complexity index is 867. The van der Waals surface area contributed by atoms with Crippen molar-refractivity contribution in [1.29, 1.82) is 0 Å². The van der Waals surface area contributed by atoms with Gasteiger partial charge in [-0.2, -0.15) is 0 Å². The second-order valence-corrected chi connectivity index (χ2v) is 6.47. The maximum Gasteiger partial charge on any atom is 0.228 e. The lowest BCUT2D eigenvalue weighted by atomic mass is 10.0. The van der Waals surface area contributed by atoms with Crippen LogP contribution in [0.4, 0.5) is 5.69 Å². The molecule has 0 atom stereocenters. The SMILES string of the molecule is CSc1ccccc1NC(=O)Cc1coc2cc(C)c(C)cc12.